The Hall–Kier alpha value is -2.57. The standard InChI is InChI=1S/C23H31N3O3/c1-24(2)23(27)22(19-8-6-5-7-9-19)26-14-12-25(13-15-26)17-18-10-11-20(28-3)21(16-18)29-4/h5-11,16,22H,12-15,17H2,1-4H3/t22-/m1/s1. The van der Waals surface area contributed by atoms with Crippen molar-refractivity contribution in [3.63, 3.8) is 0 Å². The predicted molar refractivity (Wildman–Crippen MR) is 114 cm³/mol. The average Bonchev–Trinajstić information content (AvgIpc) is 2.75. The van der Waals surface area contributed by atoms with E-state index in [1.807, 2.05) is 56.6 Å². The predicted octanol–water partition coefficient (Wildman–Crippen LogP) is 2.65. The van der Waals surface area contributed by atoms with Crippen molar-refractivity contribution in [1.29, 1.82) is 0 Å². The van der Waals surface area contributed by atoms with Crippen LogP contribution in [0.3, 0.4) is 0 Å². The summed E-state index contributed by atoms with van der Waals surface area (Å²) in [5.74, 6) is 1.63. The molecule has 0 aromatic heterocycles. The summed E-state index contributed by atoms with van der Waals surface area (Å²) in [5, 5.41) is 0. The maximum Gasteiger partial charge on any atom is 0.244 e. The molecule has 2 aromatic rings. The molecule has 1 saturated heterocycles. The smallest absolute Gasteiger partial charge is 0.244 e. The summed E-state index contributed by atoms with van der Waals surface area (Å²) in [6, 6.07) is 15.9. The Labute approximate surface area is 173 Å². The van der Waals surface area contributed by atoms with E-state index in [-0.39, 0.29) is 11.9 Å². The van der Waals surface area contributed by atoms with E-state index in [2.05, 4.69) is 15.9 Å². The summed E-state index contributed by atoms with van der Waals surface area (Å²) in [7, 11) is 6.96. The second kappa shape index (κ2) is 9.76. The van der Waals surface area contributed by atoms with E-state index in [0.29, 0.717) is 0 Å². The third-order valence-electron chi connectivity index (χ3n) is 5.42. The normalized spacial score (nSPS) is 16.3. The highest BCUT2D eigenvalue weighted by molar-refractivity contribution is 5.82. The number of amides is 1. The molecule has 0 spiro atoms. The van der Waals surface area contributed by atoms with Crippen LogP contribution in [0.25, 0.3) is 0 Å². The minimum atomic E-state index is -0.227. The quantitative estimate of drug-likeness (QED) is 0.719. The summed E-state index contributed by atoms with van der Waals surface area (Å²) in [4.78, 5) is 19.3. The van der Waals surface area contributed by atoms with Crippen LogP contribution in [0.1, 0.15) is 17.2 Å². The summed E-state index contributed by atoms with van der Waals surface area (Å²) >= 11 is 0. The second-order valence-corrected chi connectivity index (χ2v) is 7.55. The number of hydrogen-bond donors (Lipinski definition) is 0. The third kappa shape index (κ3) is 5.08. The van der Waals surface area contributed by atoms with Crippen LogP contribution in [0.5, 0.6) is 11.5 Å². The first-order chi connectivity index (χ1) is 14.0. The number of nitrogens with zero attached hydrogens (tertiary/aromatic N) is 3. The van der Waals surface area contributed by atoms with E-state index >= 15 is 0 Å². The fourth-order valence-corrected chi connectivity index (χ4v) is 3.81. The Morgan fingerprint density at radius 3 is 2.21 bits per heavy atom. The summed E-state index contributed by atoms with van der Waals surface area (Å²) in [6.07, 6.45) is 0. The number of carbonyl (C=O) groups is 1. The first-order valence-corrected chi connectivity index (χ1v) is 9.97. The Morgan fingerprint density at radius 1 is 0.966 bits per heavy atom. The maximum absolute atomic E-state index is 12.9. The van der Waals surface area contributed by atoms with Gasteiger partial charge in [-0.25, -0.2) is 0 Å². The van der Waals surface area contributed by atoms with E-state index in [9.17, 15) is 4.79 Å². The molecule has 6 heteroatoms. The molecule has 1 aliphatic heterocycles. The minimum Gasteiger partial charge on any atom is -0.493 e. The van der Waals surface area contributed by atoms with Crippen molar-refractivity contribution in [1.82, 2.24) is 14.7 Å². The summed E-state index contributed by atoms with van der Waals surface area (Å²) < 4.78 is 10.7. The molecule has 0 saturated carbocycles. The van der Waals surface area contributed by atoms with Gasteiger partial charge in [0.1, 0.15) is 6.04 Å². The number of benzene rings is 2. The number of carbonyl (C=O) groups excluding carboxylic acids is 1. The Kier molecular flexibility index (Phi) is 7.12. The molecule has 1 aliphatic rings. The van der Waals surface area contributed by atoms with Crippen molar-refractivity contribution in [3.8, 4) is 11.5 Å². The van der Waals surface area contributed by atoms with Crippen LogP contribution in [0, 0.1) is 0 Å². The van der Waals surface area contributed by atoms with E-state index < -0.39 is 0 Å². The average molecular weight is 398 g/mol. The number of hydrogen-bond acceptors (Lipinski definition) is 5. The number of likely N-dealkylation sites (N-methyl/N-ethyl adjacent to an activating group) is 1. The zero-order valence-corrected chi connectivity index (χ0v) is 17.8. The fourth-order valence-electron chi connectivity index (χ4n) is 3.81. The molecule has 0 unspecified atom stereocenters. The molecule has 1 heterocycles. The van der Waals surface area contributed by atoms with Crippen LogP contribution in [0.15, 0.2) is 48.5 Å². The highest BCUT2D eigenvalue weighted by Crippen LogP contribution is 2.29. The van der Waals surface area contributed by atoms with Gasteiger partial charge in [-0.2, -0.15) is 0 Å². The van der Waals surface area contributed by atoms with E-state index in [1.165, 1.54) is 5.56 Å². The monoisotopic (exact) mass is 397 g/mol. The van der Waals surface area contributed by atoms with E-state index in [1.54, 1.807) is 19.1 Å². The van der Waals surface area contributed by atoms with Crippen LogP contribution >= 0.6 is 0 Å². The minimum absolute atomic E-state index is 0.129. The van der Waals surface area contributed by atoms with E-state index in [4.69, 9.17) is 9.47 Å². The summed E-state index contributed by atoms with van der Waals surface area (Å²) in [5.41, 5.74) is 2.25. The molecular weight excluding hydrogens is 366 g/mol. The lowest BCUT2D eigenvalue weighted by atomic mass is 10.0. The van der Waals surface area contributed by atoms with Gasteiger partial charge in [-0.15, -0.1) is 0 Å². The molecule has 29 heavy (non-hydrogen) atoms. The molecule has 0 aliphatic carbocycles. The van der Waals surface area contributed by atoms with Crippen molar-refractivity contribution in [2.24, 2.45) is 0 Å². The molecule has 156 valence electrons. The van der Waals surface area contributed by atoms with Crippen LogP contribution in [-0.4, -0.2) is 75.1 Å². The van der Waals surface area contributed by atoms with Gasteiger partial charge in [0, 0.05) is 46.8 Å². The number of piperazine rings is 1. The van der Waals surface area contributed by atoms with E-state index in [0.717, 1.165) is 49.8 Å². The molecule has 1 atom stereocenters. The SMILES string of the molecule is COc1ccc(CN2CCN([C@@H](C(=O)N(C)C)c3ccccc3)CC2)cc1OC. The lowest BCUT2D eigenvalue weighted by Crippen LogP contribution is -2.50. The van der Waals surface area contributed by atoms with Gasteiger partial charge < -0.3 is 14.4 Å². The van der Waals surface area contributed by atoms with Crippen molar-refractivity contribution >= 4 is 5.91 Å². The Balaban J connectivity index is 1.66. The number of ether oxygens (including phenoxy) is 2. The fraction of sp³-hybridized carbons (Fsp3) is 0.435. The van der Waals surface area contributed by atoms with Gasteiger partial charge in [0.25, 0.3) is 0 Å². The highest BCUT2D eigenvalue weighted by atomic mass is 16.5. The lowest BCUT2D eigenvalue weighted by molar-refractivity contribution is -0.135. The van der Waals surface area contributed by atoms with Gasteiger partial charge in [0.2, 0.25) is 5.91 Å². The molecule has 6 nitrogen and oxygen atoms in total. The zero-order valence-electron chi connectivity index (χ0n) is 17.8. The maximum atomic E-state index is 12.9. The zero-order chi connectivity index (χ0) is 20.8. The van der Waals surface area contributed by atoms with Gasteiger partial charge in [-0.3, -0.25) is 14.6 Å². The third-order valence-corrected chi connectivity index (χ3v) is 5.42. The number of methoxy groups -OCH3 is 2. The molecule has 2 aromatic carbocycles. The van der Waals surface area contributed by atoms with Gasteiger partial charge in [-0.1, -0.05) is 36.4 Å². The van der Waals surface area contributed by atoms with Gasteiger partial charge in [0.15, 0.2) is 11.5 Å². The van der Waals surface area contributed by atoms with Crippen molar-refractivity contribution in [3.05, 3.63) is 59.7 Å². The second-order valence-electron chi connectivity index (χ2n) is 7.55. The van der Waals surface area contributed by atoms with Crippen LogP contribution in [-0.2, 0) is 11.3 Å². The molecular formula is C23H31N3O3. The Morgan fingerprint density at radius 2 is 1.62 bits per heavy atom. The molecule has 1 fully saturated rings. The topological polar surface area (TPSA) is 45.2 Å². The molecule has 1 amide bonds. The molecule has 3 rings (SSSR count). The molecule has 0 bridgehead atoms. The summed E-state index contributed by atoms with van der Waals surface area (Å²) in [6.45, 7) is 4.39. The first kappa shape index (κ1) is 21.1. The Bertz CT molecular complexity index is 802. The van der Waals surface area contributed by atoms with Crippen LogP contribution < -0.4 is 9.47 Å². The lowest BCUT2D eigenvalue weighted by Gasteiger charge is -2.39. The molecule has 0 radical (unpaired) electrons. The number of rotatable bonds is 7. The first-order valence-electron chi connectivity index (χ1n) is 9.97. The van der Waals surface area contributed by atoms with Crippen molar-refractivity contribution < 1.29 is 14.3 Å². The van der Waals surface area contributed by atoms with Crippen LogP contribution in [0.2, 0.25) is 0 Å². The van der Waals surface area contributed by atoms with Gasteiger partial charge in [-0.05, 0) is 23.3 Å². The van der Waals surface area contributed by atoms with Gasteiger partial charge in [0.05, 0.1) is 14.2 Å². The van der Waals surface area contributed by atoms with Crippen molar-refractivity contribution in [2.75, 3.05) is 54.5 Å². The highest BCUT2D eigenvalue weighted by Gasteiger charge is 2.31. The molecule has 0 N–H and O–H groups in total. The van der Waals surface area contributed by atoms with Crippen molar-refractivity contribution in [2.45, 2.75) is 12.6 Å². The van der Waals surface area contributed by atoms with Crippen LogP contribution in [0.4, 0.5) is 0 Å². The van der Waals surface area contributed by atoms with Gasteiger partial charge >= 0.3 is 0 Å². The largest absolute Gasteiger partial charge is 0.493 e.